The fourth-order valence-electron chi connectivity index (χ4n) is 2.18. The maximum Gasteiger partial charge on any atom is 0.414 e. The molecule has 0 aliphatic heterocycles. The van der Waals surface area contributed by atoms with Crippen LogP contribution < -0.4 is 10.1 Å². The monoisotopic (exact) mass is 354 g/mol. The van der Waals surface area contributed by atoms with Crippen LogP contribution in [0.25, 0.3) is 11.3 Å². The summed E-state index contributed by atoms with van der Waals surface area (Å²) in [6.07, 6.45) is 3.36. The fourth-order valence-corrected chi connectivity index (χ4v) is 2.18. The number of amides is 1. The minimum Gasteiger partial charge on any atom is -0.388 e. The van der Waals surface area contributed by atoms with E-state index in [1.807, 2.05) is 12.1 Å². The van der Waals surface area contributed by atoms with Crippen molar-refractivity contribution in [2.24, 2.45) is 0 Å². The van der Waals surface area contributed by atoms with Crippen LogP contribution in [0.5, 0.6) is 5.88 Å². The molecule has 0 atom stereocenters. The Morgan fingerprint density at radius 1 is 1.19 bits per heavy atom. The third-order valence-corrected chi connectivity index (χ3v) is 3.48. The number of nitro benzene ring substituents is 1. The number of rotatable bonds is 6. The highest BCUT2D eigenvalue weighted by atomic mass is 16.6. The van der Waals surface area contributed by atoms with Crippen molar-refractivity contribution in [1.29, 1.82) is 0 Å². The Morgan fingerprint density at radius 3 is 2.62 bits per heavy atom. The van der Waals surface area contributed by atoms with Gasteiger partial charge in [0, 0.05) is 36.6 Å². The van der Waals surface area contributed by atoms with Crippen LogP contribution in [0.3, 0.4) is 0 Å². The summed E-state index contributed by atoms with van der Waals surface area (Å²) in [6, 6.07) is 10.9. The molecule has 0 spiro atoms. The van der Waals surface area contributed by atoms with Gasteiger partial charge in [0.2, 0.25) is 0 Å². The van der Waals surface area contributed by atoms with Gasteiger partial charge in [0.05, 0.1) is 11.0 Å². The van der Waals surface area contributed by atoms with Crippen LogP contribution in [0.4, 0.5) is 10.5 Å². The van der Waals surface area contributed by atoms with Gasteiger partial charge in [-0.3, -0.25) is 15.1 Å². The number of carbonyl (C=O) groups is 1. The number of nitrogens with one attached hydrogen (secondary N) is 1. The molecule has 0 unspecified atom stereocenters. The minimum atomic E-state index is -0.650. The quantitative estimate of drug-likeness (QED) is 0.533. The second kappa shape index (κ2) is 7.88. The Labute approximate surface area is 147 Å². The number of aromatic nitrogens is 2. The second-order valence-electron chi connectivity index (χ2n) is 5.26. The van der Waals surface area contributed by atoms with E-state index in [9.17, 15) is 14.9 Å². The molecule has 0 saturated heterocycles. The Hall–Kier alpha value is -3.75. The van der Waals surface area contributed by atoms with Crippen LogP contribution in [0.1, 0.15) is 5.56 Å². The van der Waals surface area contributed by atoms with Gasteiger partial charge in [0.1, 0.15) is 0 Å². The first kappa shape index (κ1) is 17.1. The molecule has 0 bridgehead atoms. The molecule has 9 nitrogen and oxygen atoms in total. The van der Waals surface area contributed by atoms with Gasteiger partial charge >= 0.3 is 6.09 Å². The lowest BCUT2D eigenvalue weighted by atomic mass is 10.1. The number of nitrogens with zero attached hydrogens (tertiary/aromatic N) is 3. The molecule has 2 aromatic heterocycles. The molecular weight excluding hydrogens is 340 g/mol. The lowest BCUT2D eigenvalue weighted by molar-refractivity contribution is -0.384. The van der Waals surface area contributed by atoms with E-state index in [-0.39, 0.29) is 11.6 Å². The zero-order valence-electron chi connectivity index (χ0n) is 13.5. The summed E-state index contributed by atoms with van der Waals surface area (Å²) in [6.45, 7) is 0.399. The minimum absolute atomic E-state index is 0.000219. The van der Waals surface area contributed by atoms with Gasteiger partial charge in [-0.05, 0) is 41.4 Å². The Bertz CT molecular complexity index is 893. The van der Waals surface area contributed by atoms with Gasteiger partial charge in [-0.2, -0.15) is 0 Å². The Morgan fingerprint density at radius 2 is 1.92 bits per heavy atom. The maximum absolute atomic E-state index is 11.8. The van der Waals surface area contributed by atoms with Gasteiger partial charge in [-0.25, -0.2) is 4.79 Å². The normalized spacial score (nSPS) is 10.3. The van der Waals surface area contributed by atoms with Crippen molar-refractivity contribution in [3.8, 4) is 17.2 Å². The molecule has 3 rings (SSSR count). The SMILES string of the molecule is O=C(NCCc1ccncc1)Oc1cc(-c2ccc([N+](=O)[O-])cc2)on1. The first-order valence-corrected chi connectivity index (χ1v) is 7.68. The smallest absolute Gasteiger partial charge is 0.388 e. The first-order chi connectivity index (χ1) is 12.6. The number of ether oxygens (including phenoxy) is 1. The molecule has 1 aromatic carbocycles. The summed E-state index contributed by atoms with van der Waals surface area (Å²) in [4.78, 5) is 25.8. The molecule has 0 fully saturated rings. The first-order valence-electron chi connectivity index (χ1n) is 7.68. The van der Waals surface area contributed by atoms with Crippen molar-refractivity contribution < 1.29 is 19.0 Å². The lowest BCUT2D eigenvalue weighted by Crippen LogP contribution is -2.28. The molecule has 0 radical (unpaired) electrons. The van der Waals surface area contributed by atoms with Gasteiger partial charge in [-0.15, -0.1) is 0 Å². The van der Waals surface area contributed by atoms with Crippen LogP contribution in [0.2, 0.25) is 0 Å². The summed E-state index contributed by atoms with van der Waals surface area (Å²) in [7, 11) is 0. The summed E-state index contributed by atoms with van der Waals surface area (Å²) >= 11 is 0. The topological polar surface area (TPSA) is 120 Å². The van der Waals surface area contributed by atoms with Crippen LogP contribution >= 0.6 is 0 Å². The fraction of sp³-hybridized carbons (Fsp3) is 0.118. The Kier molecular flexibility index (Phi) is 5.18. The molecule has 9 heteroatoms. The van der Waals surface area contributed by atoms with Crippen molar-refractivity contribution in [3.63, 3.8) is 0 Å². The number of carbonyl (C=O) groups excluding carboxylic acids is 1. The molecule has 132 valence electrons. The highest BCUT2D eigenvalue weighted by Crippen LogP contribution is 2.25. The maximum atomic E-state index is 11.8. The number of nitro groups is 1. The van der Waals surface area contributed by atoms with E-state index in [1.54, 1.807) is 12.4 Å². The van der Waals surface area contributed by atoms with Crippen LogP contribution in [-0.4, -0.2) is 27.7 Å². The highest BCUT2D eigenvalue weighted by Gasteiger charge is 2.12. The van der Waals surface area contributed by atoms with E-state index in [2.05, 4.69) is 15.5 Å². The number of non-ortho nitro benzene ring substituents is 1. The molecule has 0 aliphatic carbocycles. The van der Waals surface area contributed by atoms with Crippen molar-refractivity contribution >= 4 is 11.8 Å². The summed E-state index contributed by atoms with van der Waals surface area (Å²) in [5.74, 6) is 0.333. The molecule has 26 heavy (non-hydrogen) atoms. The third-order valence-electron chi connectivity index (χ3n) is 3.48. The molecule has 3 aromatic rings. The van der Waals surface area contributed by atoms with Gasteiger partial charge in [0.25, 0.3) is 11.6 Å². The van der Waals surface area contributed by atoms with Gasteiger partial charge < -0.3 is 14.6 Å². The molecule has 0 saturated carbocycles. The number of pyridine rings is 1. The van der Waals surface area contributed by atoms with E-state index < -0.39 is 11.0 Å². The molecule has 1 N–H and O–H groups in total. The van der Waals surface area contributed by atoms with E-state index in [1.165, 1.54) is 30.3 Å². The largest absolute Gasteiger partial charge is 0.414 e. The summed E-state index contributed by atoms with van der Waals surface area (Å²) in [5, 5.41) is 16.9. The van der Waals surface area contributed by atoms with Crippen molar-refractivity contribution in [3.05, 3.63) is 70.5 Å². The molecular formula is C17H14N4O5. The standard InChI is InChI=1S/C17H14N4O5/c22-17(19-10-7-12-5-8-18-9-6-12)25-16-11-15(26-20-16)13-1-3-14(4-2-13)21(23)24/h1-6,8-9,11H,7,10H2,(H,19,22). The summed E-state index contributed by atoms with van der Waals surface area (Å²) in [5.41, 5.74) is 1.59. The van der Waals surface area contributed by atoms with E-state index in [0.29, 0.717) is 24.3 Å². The van der Waals surface area contributed by atoms with Crippen LogP contribution in [0.15, 0.2) is 59.4 Å². The van der Waals surface area contributed by atoms with E-state index in [0.717, 1.165) is 5.56 Å². The number of hydrogen-bond donors (Lipinski definition) is 1. The van der Waals surface area contributed by atoms with Crippen molar-refractivity contribution in [2.45, 2.75) is 6.42 Å². The van der Waals surface area contributed by atoms with E-state index in [4.69, 9.17) is 9.26 Å². The molecule has 2 heterocycles. The van der Waals surface area contributed by atoms with Crippen molar-refractivity contribution in [2.75, 3.05) is 6.54 Å². The average Bonchev–Trinajstić information content (AvgIpc) is 3.11. The Balaban J connectivity index is 1.52. The third kappa shape index (κ3) is 4.41. The predicted molar refractivity (Wildman–Crippen MR) is 90.6 cm³/mol. The molecule has 1 amide bonds. The van der Waals surface area contributed by atoms with Crippen LogP contribution in [0, 0.1) is 10.1 Å². The predicted octanol–water partition coefficient (Wildman–Crippen LogP) is 2.98. The zero-order valence-corrected chi connectivity index (χ0v) is 13.5. The average molecular weight is 354 g/mol. The second-order valence-corrected chi connectivity index (χ2v) is 5.26. The van der Waals surface area contributed by atoms with Gasteiger partial charge in [-0.1, -0.05) is 0 Å². The number of hydrogen-bond acceptors (Lipinski definition) is 7. The lowest BCUT2D eigenvalue weighted by Gasteiger charge is -2.03. The van der Waals surface area contributed by atoms with Crippen LogP contribution in [-0.2, 0) is 6.42 Å². The summed E-state index contributed by atoms with van der Waals surface area (Å²) < 4.78 is 10.1. The zero-order chi connectivity index (χ0) is 18.4. The molecule has 0 aliphatic rings. The highest BCUT2D eigenvalue weighted by molar-refractivity contribution is 5.70. The number of benzene rings is 1. The van der Waals surface area contributed by atoms with Crippen molar-refractivity contribution in [1.82, 2.24) is 15.5 Å². The van der Waals surface area contributed by atoms with E-state index >= 15 is 0 Å². The van der Waals surface area contributed by atoms with Gasteiger partial charge in [0.15, 0.2) is 5.76 Å².